The Labute approximate surface area is 101 Å². The molecule has 1 saturated heterocycles. The van der Waals surface area contributed by atoms with Gasteiger partial charge in [-0.3, -0.25) is 0 Å². The van der Waals surface area contributed by atoms with E-state index in [-0.39, 0.29) is 6.04 Å². The van der Waals surface area contributed by atoms with Crippen molar-refractivity contribution in [3.8, 4) is 6.07 Å². The van der Waals surface area contributed by atoms with E-state index in [0.717, 1.165) is 37.2 Å². The first kappa shape index (κ1) is 11.8. The minimum Gasteiger partial charge on any atom is -0.351 e. The fourth-order valence-electron chi connectivity index (χ4n) is 2.19. The molecule has 90 valence electrons. The maximum Gasteiger partial charge on any atom is 0.169 e. The first-order valence-corrected chi connectivity index (χ1v) is 6.00. The molecule has 1 aliphatic heterocycles. The van der Waals surface area contributed by atoms with Crippen molar-refractivity contribution < 1.29 is 0 Å². The monoisotopic (exact) mass is 231 g/mol. The van der Waals surface area contributed by atoms with E-state index in [4.69, 9.17) is 5.73 Å². The van der Waals surface area contributed by atoms with Crippen molar-refractivity contribution >= 4 is 5.82 Å². The van der Waals surface area contributed by atoms with Crippen LogP contribution in [0.4, 0.5) is 5.82 Å². The molecule has 1 aliphatic rings. The number of aryl methyl sites for hydroxylation is 1. The summed E-state index contributed by atoms with van der Waals surface area (Å²) in [7, 11) is 0. The van der Waals surface area contributed by atoms with Crippen LogP contribution in [0.15, 0.2) is 0 Å². The highest BCUT2D eigenvalue weighted by Gasteiger charge is 2.28. The Balaban J connectivity index is 2.43. The van der Waals surface area contributed by atoms with E-state index in [1.807, 2.05) is 18.7 Å². The lowest BCUT2D eigenvalue weighted by molar-refractivity contribution is 0.511. The van der Waals surface area contributed by atoms with Crippen LogP contribution in [0.3, 0.4) is 0 Å². The largest absolute Gasteiger partial charge is 0.351 e. The van der Waals surface area contributed by atoms with Crippen LogP contribution in [-0.4, -0.2) is 29.3 Å². The van der Waals surface area contributed by atoms with Crippen molar-refractivity contribution in [3.05, 3.63) is 16.8 Å². The highest BCUT2D eigenvalue weighted by molar-refractivity contribution is 5.59. The molecule has 0 radical (unpaired) electrons. The molecule has 17 heavy (non-hydrogen) atoms. The summed E-state index contributed by atoms with van der Waals surface area (Å²) >= 11 is 0. The van der Waals surface area contributed by atoms with Gasteiger partial charge in [-0.15, -0.1) is 5.10 Å². The van der Waals surface area contributed by atoms with Gasteiger partial charge in [-0.25, -0.2) is 0 Å². The SMILES string of the molecule is CCc1nnc(N2CC(N)C2)c(C#N)c1CC. The fraction of sp³-hybridized carbons (Fsp3) is 0.583. The molecule has 0 unspecified atom stereocenters. The van der Waals surface area contributed by atoms with E-state index in [1.165, 1.54) is 0 Å². The Bertz CT molecular complexity index is 457. The van der Waals surface area contributed by atoms with Crippen LogP contribution in [-0.2, 0) is 12.8 Å². The second kappa shape index (κ2) is 4.68. The summed E-state index contributed by atoms with van der Waals surface area (Å²) in [6.07, 6.45) is 1.62. The van der Waals surface area contributed by atoms with Crippen molar-refractivity contribution in [3.63, 3.8) is 0 Å². The fourth-order valence-corrected chi connectivity index (χ4v) is 2.19. The van der Waals surface area contributed by atoms with Gasteiger partial charge in [-0.2, -0.15) is 10.4 Å². The van der Waals surface area contributed by atoms with Crippen molar-refractivity contribution in [2.24, 2.45) is 5.73 Å². The van der Waals surface area contributed by atoms with Crippen molar-refractivity contribution in [2.45, 2.75) is 32.7 Å². The van der Waals surface area contributed by atoms with Crippen LogP contribution in [0.2, 0.25) is 0 Å². The molecule has 2 N–H and O–H groups in total. The summed E-state index contributed by atoms with van der Waals surface area (Å²) in [5, 5.41) is 17.7. The molecule has 0 saturated carbocycles. The van der Waals surface area contributed by atoms with E-state index >= 15 is 0 Å². The second-order valence-electron chi connectivity index (χ2n) is 4.31. The zero-order valence-electron chi connectivity index (χ0n) is 10.3. The summed E-state index contributed by atoms with van der Waals surface area (Å²) < 4.78 is 0. The Morgan fingerprint density at radius 3 is 2.53 bits per heavy atom. The lowest BCUT2D eigenvalue weighted by atomic mass is 10.0. The topological polar surface area (TPSA) is 78.8 Å². The molecular formula is C12H17N5. The van der Waals surface area contributed by atoms with E-state index in [9.17, 15) is 5.26 Å². The van der Waals surface area contributed by atoms with E-state index in [0.29, 0.717) is 11.4 Å². The first-order valence-electron chi connectivity index (χ1n) is 6.00. The molecule has 1 aromatic rings. The molecular weight excluding hydrogens is 214 g/mol. The van der Waals surface area contributed by atoms with Gasteiger partial charge < -0.3 is 10.6 Å². The summed E-state index contributed by atoms with van der Waals surface area (Å²) in [6.45, 7) is 5.60. The smallest absolute Gasteiger partial charge is 0.169 e. The van der Waals surface area contributed by atoms with Crippen LogP contribution in [0.1, 0.15) is 30.7 Å². The molecule has 0 atom stereocenters. The van der Waals surface area contributed by atoms with Crippen LogP contribution in [0.25, 0.3) is 0 Å². The standard InChI is InChI=1S/C12H17N5/c1-3-9-10(5-13)12(16-15-11(9)4-2)17-6-8(14)7-17/h8H,3-4,6-7,14H2,1-2H3. The van der Waals surface area contributed by atoms with Gasteiger partial charge >= 0.3 is 0 Å². The average molecular weight is 231 g/mol. The maximum absolute atomic E-state index is 9.31. The number of anilines is 1. The molecule has 2 heterocycles. The number of nitrogens with zero attached hydrogens (tertiary/aromatic N) is 4. The van der Waals surface area contributed by atoms with E-state index in [1.54, 1.807) is 0 Å². The van der Waals surface area contributed by atoms with Crippen molar-refractivity contribution in [1.29, 1.82) is 5.26 Å². The summed E-state index contributed by atoms with van der Waals surface area (Å²) in [5.41, 5.74) is 8.38. The molecule has 1 aromatic heterocycles. The molecule has 0 bridgehead atoms. The predicted octanol–water partition coefficient (Wildman–Crippen LogP) is 0.620. The molecule has 0 aliphatic carbocycles. The average Bonchev–Trinajstić information content (AvgIpc) is 2.33. The summed E-state index contributed by atoms with van der Waals surface area (Å²) in [4.78, 5) is 2.02. The molecule has 1 fully saturated rings. The molecule has 5 heteroatoms. The van der Waals surface area contributed by atoms with E-state index < -0.39 is 0 Å². The van der Waals surface area contributed by atoms with Gasteiger partial charge in [0.1, 0.15) is 11.6 Å². The number of nitrogens with two attached hydrogens (primary N) is 1. The second-order valence-corrected chi connectivity index (χ2v) is 4.31. The van der Waals surface area contributed by atoms with Crippen LogP contribution >= 0.6 is 0 Å². The molecule has 5 nitrogen and oxygen atoms in total. The molecule has 2 rings (SSSR count). The number of hydrogen-bond acceptors (Lipinski definition) is 5. The Hall–Kier alpha value is -1.67. The van der Waals surface area contributed by atoms with Gasteiger partial charge in [-0.1, -0.05) is 13.8 Å². The third kappa shape index (κ3) is 1.96. The number of aromatic nitrogens is 2. The first-order chi connectivity index (χ1) is 8.21. The van der Waals surface area contributed by atoms with Crippen LogP contribution < -0.4 is 10.6 Å². The quantitative estimate of drug-likeness (QED) is 0.825. The van der Waals surface area contributed by atoms with Crippen molar-refractivity contribution in [1.82, 2.24) is 10.2 Å². The number of hydrogen-bond donors (Lipinski definition) is 1. The summed E-state index contributed by atoms with van der Waals surface area (Å²) in [6, 6.07) is 2.46. The Morgan fingerprint density at radius 1 is 1.35 bits per heavy atom. The van der Waals surface area contributed by atoms with Gasteiger partial charge in [0.25, 0.3) is 0 Å². The predicted molar refractivity (Wildman–Crippen MR) is 65.7 cm³/mol. The summed E-state index contributed by atoms with van der Waals surface area (Å²) in [5.74, 6) is 0.697. The molecule has 0 aromatic carbocycles. The zero-order chi connectivity index (χ0) is 12.4. The third-order valence-corrected chi connectivity index (χ3v) is 3.15. The zero-order valence-corrected chi connectivity index (χ0v) is 10.3. The van der Waals surface area contributed by atoms with Gasteiger partial charge in [0.05, 0.1) is 5.69 Å². The van der Waals surface area contributed by atoms with Gasteiger partial charge in [-0.05, 0) is 18.4 Å². The molecule has 0 spiro atoms. The lowest BCUT2D eigenvalue weighted by Gasteiger charge is -2.38. The third-order valence-electron chi connectivity index (χ3n) is 3.15. The van der Waals surface area contributed by atoms with Gasteiger partial charge in [0.2, 0.25) is 0 Å². The molecule has 0 amide bonds. The Kier molecular flexibility index (Phi) is 3.25. The highest BCUT2D eigenvalue weighted by atomic mass is 15.3. The van der Waals surface area contributed by atoms with E-state index in [2.05, 4.69) is 16.3 Å². The number of nitriles is 1. The Morgan fingerprint density at radius 2 is 2.06 bits per heavy atom. The number of rotatable bonds is 3. The van der Waals surface area contributed by atoms with Gasteiger partial charge in [0.15, 0.2) is 5.82 Å². The lowest BCUT2D eigenvalue weighted by Crippen LogP contribution is -2.56. The van der Waals surface area contributed by atoms with Crippen LogP contribution in [0.5, 0.6) is 0 Å². The normalized spacial score (nSPS) is 15.5. The highest BCUT2D eigenvalue weighted by Crippen LogP contribution is 2.25. The minimum atomic E-state index is 0.194. The van der Waals surface area contributed by atoms with Crippen LogP contribution in [0, 0.1) is 11.3 Å². The van der Waals surface area contributed by atoms with Crippen molar-refractivity contribution in [2.75, 3.05) is 18.0 Å². The maximum atomic E-state index is 9.31. The van der Waals surface area contributed by atoms with Gasteiger partial charge in [0, 0.05) is 19.1 Å². The minimum absolute atomic E-state index is 0.194.